The summed E-state index contributed by atoms with van der Waals surface area (Å²) in [4.78, 5) is 37.9. The third kappa shape index (κ3) is 6.00. The van der Waals surface area contributed by atoms with E-state index in [0.29, 0.717) is 11.2 Å². The standard InChI is InChI=1S/C20H27ClN4O4/c1-8-12(25-11-24-16-14(25)15(21)22-10-23-16)9-13(17(26)28-19(2,3)4)18(27)29-20(5,6)7/h8,10-13H,1,9H2,2-7H3. The summed E-state index contributed by atoms with van der Waals surface area (Å²) in [6.07, 6.45) is 4.50. The molecule has 8 nitrogen and oxygen atoms in total. The van der Waals surface area contributed by atoms with E-state index >= 15 is 0 Å². The number of hydrogen-bond acceptors (Lipinski definition) is 7. The van der Waals surface area contributed by atoms with E-state index in [9.17, 15) is 9.59 Å². The molecule has 1 atom stereocenters. The third-order valence-electron chi connectivity index (χ3n) is 3.81. The molecule has 0 bridgehead atoms. The largest absolute Gasteiger partial charge is 0.459 e. The van der Waals surface area contributed by atoms with Gasteiger partial charge in [0.15, 0.2) is 16.7 Å². The average Bonchev–Trinajstić information content (AvgIpc) is 2.97. The Bertz CT molecular complexity index is 883. The van der Waals surface area contributed by atoms with Crippen LogP contribution in [0.2, 0.25) is 5.15 Å². The quantitative estimate of drug-likeness (QED) is 0.301. The van der Waals surface area contributed by atoms with Gasteiger partial charge >= 0.3 is 11.9 Å². The molecule has 2 heterocycles. The summed E-state index contributed by atoms with van der Waals surface area (Å²) in [5.41, 5.74) is -0.603. The first-order valence-corrected chi connectivity index (χ1v) is 9.61. The number of ether oxygens (including phenoxy) is 2. The van der Waals surface area contributed by atoms with Crippen LogP contribution in [0.4, 0.5) is 0 Å². The second kappa shape index (κ2) is 8.49. The molecular weight excluding hydrogens is 396 g/mol. The van der Waals surface area contributed by atoms with E-state index < -0.39 is 35.1 Å². The molecule has 158 valence electrons. The number of hydrogen-bond donors (Lipinski definition) is 0. The molecule has 0 saturated heterocycles. The maximum Gasteiger partial charge on any atom is 0.320 e. The predicted octanol–water partition coefficient (Wildman–Crippen LogP) is 3.90. The summed E-state index contributed by atoms with van der Waals surface area (Å²) in [7, 11) is 0. The summed E-state index contributed by atoms with van der Waals surface area (Å²) in [6, 6.07) is -0.492. The highest BCUT2D eigenvalue weighted by Gasteiger charge is 2.37. The van der Waals surface area contributed by atoms with Gasteiger partial charge in [0.05, 0.1) is 12.4 Å². The number of carbonyl (C=O) groups is 2. The van der Waals surface area contributed by atoms with Crippen molar-refractivity contribution in [2.24, 2.45) is 5.92 Å². The smallest absolute Gasteiger partial charge is 0.320 e. The van der Waals surface area contributed by atoms with Gasteiger partial charge in [-0.05, 0) is 48.0 Å². The van der Waals surface area contributed by atoms with E-state index in [1.165, 1.54) is 12.7 Å². The van der Waals surface area contributed by atoms with Gasteiger partial charge in [-0.25, -0.2) is 15.0 Å². The van der Waals surface area contributed by atoms with Crippen LogP contribution in [0.5, 0.6) is 0 Å². The highest BCUT2D eigenvalue weighted by Crippen LogP contribution is 2.29. The molecule has 1 unspecified atom stereocenters. The fraction of sp³-hybridized carbons (Fsp3) is 0.550. The van der Waals surface area contributed by atoms with Gasteiger partial charge in [-0.15, -0.1) is 6.58 Å². The van der Waals surface area contributed by atoms with Crippen LogP contribution in [0.1, 0.15) is 54.0 Å². The monoisotopic (exact) mass is 422 g/mol. The van der Waals surface area contributed by atoms with Crippen molar-refractivity contribution in [1.29, 1.82) is 0 Å². The second-order valence-corrected chi connectivity index (χ2v) is 9.00. The zero-order valence-corrected chi connectivity index (χ0v) is 18.4. The first kappa shape index (κ1) is 22.8. The van der Waals surface area contributed by atoms with Crippen molar-refractivity contribution in [1.82, 2.24) is 19.5 Å². The number of imidazole rings is 1. The predicted molar refractivity (Wildman–Crippen MR) is 109 cm³/mol. The number of allylic oxidation sites excluding steroid dienone is 1. The van der Waals surface area contributed by atoms with Gasteiger partial charge in [-0.2, -0.15) is 0 Å². The molecular formula is C20H27ClN4O4. The molecule has 29 heavy (non-hydrogen) atoms. The highest BCUT2D eigenvalue weighted by atomic mass is 35.5. The number of esters is 2. The summed E-state index contributed by atoms with van der Waals surface area (Å²) in [6.45, 7) is 14.3. The van der Waals surface area contributed by atoms with Crippen LogP contribution in [0.15, 0.2) is 25.3 Å². The summed E-state index contributed by atoms with van der Waals surface area (Å²) in [5.74, 6) is -2.48. The van der Waals surface area contributed by atoms with E-state index in [0.717, 1.165) is 0 Å². The maximum atomic E-state index is 12.8. The van der Waals surface area contributed by atoms with Crippen molar-refractivity contribution in [2.45, 2.75) is 65.2 Å². The summed E-state index contributed by atoms with van der Waals surface area (Å²) < 4.78 is 12.6. The van der Waals surface area contributed by atoms with Crippen LogP contribution in [0.25, 0.3) is 11.2 Å². The fourth-order valence-electron chi connectivity index (χ4n) is 2.69. The molecule has 0 fully saturated rings. The van der Waals surface area contributed by atoms with E-state index in [-0.39, 0.29) is 11.6 Å². The number of halogens is 1. The normalized spacial score (nSPS) is 13.4. The highest BCUT2D eigenvalue weighted by molar-refractivity contribution is 6.33. The lowest BCUT2D eigenvalue weighted by molar-refractivity contribution is -0.175. The summed E-state index contributed by atoms with van der Waals surface area (Å²) in [5, 5.41) is 0.213. The Morgan fingerprint density at radius 2 is 1.66 bits per heavy atom. The molecule has 0 spiro atoms. The lowest BCUT2D eigenvalue weighted by Gasteiger charge is -2.28. The molecule has 9 heteroatoms. The molecule has 0 N–H and O–H groups in total. The number of carbonyl (C=O) groups excluding carboxylic acids is 2. The minimum Gasteiger partial charge on any atom is -0.459 e. The van der Waals surface area contributed by atoms with Crippen LogP contribution in [0, 0.1) is 5.92 Å². The van der Waals surface area contributed by atoms with Gasteiger partial charge in [0, 0.05) is 0 Å². The second-order valence-electron chi connectivity index (χ2n) is 8.65. The molecule has 2 rings (SSSR count). The Morgan fingerprint density at radius 1 is 1.10 bits per heavy atom. The molecule has 0 radical (unpaired) electrons. The SMILES string of the molecule is C=CC(CC(C(=O)OC(C)(C)C)C(=O)OC(C)(C)C)n1cnc2ncnc(Cl)c21. The van der Waals surface area contributed by atoms with E-state index in [1.54, 1.807) is 52.2 Å². The molecule has 0 saturated carbocycles. The minimum absolute atomic E-state index is 0.0595. The van der Waals surface area contributed by atoms with Crippen LogP contribution in [-0.2, 0) is 19.1 Å². The summed E-state index contributed by atoms with van der Waals surface area (Å²) >= 11 is 6.21. The van der Waals surface area contributed by atoms with E-state index in [4.69, 9.17) is 21.1 Å². The Hall–Kier alpha value is -2.48. The molecule has 2 aromatic rings. The van der Waals surface area contributed by atoms with Gasteiger partial charge in [-0.1, -0.05) is 17.7 Å². The molecule has 0 aliphatic heterocycles. The maximum absolute atomic E-state index is 12.8. The Morgan fingerprint density at radius 3 is 2.14 bits per heavy atom. The van der Waals surface area contributed by atoms with E-state index in [1.807, 2.05) is 0 Å². The molecule has 0 amide bonds. The Balaban J connectivity index is 2.40. The van der Waals surface area contributed by atoms with Crippen molar-refractivity contribution >= 4 is 34.7 Å². The van der Waals surface area contributed by atoms with Gasteiger partial charge < -0.3 is 14.0 Å². The zero-order valence-electron chi connectivity index (χ0n) is 17.6. The first-order valence-electron chi connectivity index (χ1n) is 9.23. The number of aromatic nitrogens is 4. The Labute approximate surface area is 175 Å². The van der Waals surface area contributed by atoms with Crippen LogP contribution in [-0.4, -0.2) is 42.7 Å². The van der Waals surface area contributed by atoms with Crippen molar-refractivity contribution in [3.8, 4) is 0 Å². The number of rotatable bonds is 6. The third-order valence-corrected chi connectivity index (χ3v) is 4.09. The fourth-order valence-corrected chi connectivity index (χ4v) is 2.92. The topological polar surface area (TPSA) is 96.2 Å². The van der Waals surface area contributed by atoms with Crippen molar-refractivity contribution < 1.29 is 19.1 Å². The molecule has 0 aliphatic rings. The average molecular weight is 423 g/mol. The number of nitrogens with zero attached hydrogens (tertiary/aromatic N) is 4. The lowest BCUT2D eigenvalue weighted by Crippen LogP contribution is -2.38. The van der Waals surface area contributed by atoms with Crippen molar-refractivity contribution in [3.63, 3.8) is 0 Å². The van der Waals surface area contributed by atoms with Gasteiger partial charge in [0.2, 0.25) is 0 Å². The van der Waals surface area contributed by atoms with Crippen molar-refractivity contribution in [3.05, 3.63) is 30.5 Å². The lowest BCUT2D eigenvalue weighted by atomic mass is 9.98. The van der Waals surface area contributed by atoms with Gasteiger partial charge in [0.25, 0.3) is 0 Å². The van der Waals surface area contributed by atoms with Gasteiger partial charge in [-0.3, -0.25) is 9.59 Å². The van der Waals surface area contributed by atoms with Crippen LogP contribution in [0.3, 0.4) is 0 Å². The molecule has 0 aliphatic carbocycles. The molecule has 0 aromatic carbocycles. The zero-order chi connectivity index (χ0) is 22.0. The first-order chi connectivity index (χ1) is 13.3. The molecule has 2 aromatic heterocycles. The van der Waals surface area contributed by atoms with Crippen molar-refractivity contribution in [2.75, 3.05) is 0 Å². The van der Waals surface area contributed by atoms with Crippen LogP contribution >= 0.6 is 11.6 Å². The number of fused-ring (bicyclic) bond motifs is 1. The van der Waals surface area contributed by atoms with E-state index in [2.05, 4.69) is 21.5 Å². The minimum atomic E-state index is -1.16. The van der Waals surface area contributed by atoms with Gasteiger partial charge in [0.1, 0.15) is 23.0 Å². The van der Waals surface area contributed by atoms with Crippen LogP contribution < -0.4 is 0 Å². The Kier molecular flexibility index (Phi) is 6.67.